The van der Waals surface area contributed by atoms with E-state index in [0.717, 1.165) is 12.2 Å². The molecule has 0 bridgehead atoms. The first kappa shape index (κ1) is 15.4. The average molecular weight is 279 g/mol. The zero-order valence-electron chi connectivity index (χ0n) is 9.63. The van der Waals surface area contributed by atoms with Crippen molar-refractivity contribution in [2.45, 2.75) is 32.6 Å². The molecule has 2 heteroatoms. The maximum absolute atomic E-state index is 5.20. The summed E-state index contributed by atoms with van der Waals surface area (Å²) in [5, 5.41) is 0. The summed E-state index contributed by atoms with van der Waals surface area (Å²) in [6.07, 6.45) is 1.11. The molecular formula is C12H17RbS. The van der Waals surface area contributed by atoms with Crippen LogP contribution in [0.3, 0.4) is 0 Å². The summed E-state index contributed by atoms with van der Waals surface area (Å²) in [6, 6.07) is 8.72. The van der Waals surface area contributed by atoms with Gasteiger partial charge in [-0.15, -0.1) is 0 Å². The van der Waals surface area contributed by atoms with E-state index in [1.807, 2.05) is 0 Å². The Morgan fingerprint density at radius 2 is 1.71 bits per heavy atom. The van der Waals surface area contributed by atoms with Crippen LogP contribution in [0.1, 0.15) is 31.4 Å². The third-order valence-electron chi connectivity index (χ3n) is 2.85. The van der Waals surface area contributed by atoms with Crippen LogP contribution in [0.25, 0.3) is 0 Å². The van der Waals surface area contributed by atoms with Crippen molar-refractivity contribution in [3.63, 3.8) is 0 Å². The molecule has 14 heavy (non-hydrogen) atoms. The first-order valence-corrected chi connectivity index (χ1v) is 5.35. The Hall–Kier alpha value is 1.38. The molecule has 0 spiro atoms. The largest absolute Gasteiger partial charge is 1.00 e. The van der Waals surface area contributed by atoms with Crippen LogP contribution in [-0.2, 0) is 18.0 Å². The molecule has 0 saturated heterocycles. The van der Waals surface area contributed by atoms with E-state index in [-0.39, 0.29) is 63.6 Å². The molecule has 0 nitrogen and oxygen atoms in total. The summed E-state index contributed by atoms with van der Waals surface area (Å²) >= 11 is 5.20. The molecule has 1 aromatic rings. The number of hydrogen-bond acceptors (Lipinski definition) is 1. The van der Waals surface area contributed by atoms with Gasteiger partial charge in [-0.05, 0) is 24.3 Å². The van der Waals surface area contributed by atoms with Crippen LogP contribution in [0.2, 0.25) is 0 Å². The van der Waals surface area contributed by atoms with Gasteiger partial charge in [0.25, 0.3) is 0 Å². The molecule has 72 valence electrons. The zero-order valence-corrected chi connectivity index (χ0v) is 15.4. The fourth-order valence-corrected chi connectivity index (χ4v) is 1.72. The van der Waals surface area contributed by atoms with Crippen LogP contribution in [0.5, 0.6) is 0 Å². The quantitative estimate of drug-likeness (QED) is 0.713. The summed E-state index contributed by atoms with van der Waals surface area (Å²) in [6.45, 7) is 6.55. The van der Waals surface area contributed by atoms with Gasteiger partial charge in [-0.3, -0.25) is 0 Å². The molecule has 1 atom stereocenters. The van der Waals surface area contributed by atoms with E-state index >= 15 is 0 Å². The Labute approximate surface area is 142 Å². The number of benzene rings is 1. The minimum Gasteiger partial charge on any atom is -0.792 e. The first-order chi connectivity index (χ1) is 6.12. The van der Waals surface area contributed by atoms with E-state index in [0.29, 0.717) is 0 Å². The van der Waals surface area contributed by atoms with Gasteiger partial charge in [0.1, 0.15) is 0 Å². The fourth-order valence-electron chi connectivity index (χ4n) is 1.35. The summed E-state index contributed by atoms with van der Waals surface area (Å²) in [5.41, 5.74) is 2.87. The molecule has 0 heterocycles. The van der Waals surface area contributed by atoms with E-state index in [1.54, 1.807) is 0 Å². The predicted molar refractivity (Wildman–Crippen MR) is 61.1 cm³/mol. The van der Waals surface area contributed by atoms with Crippen LogP contribution in [0, 0.1) is 6.92 Å². The standard InChI is InChI=1S/C12H18S.Rb/c1-4-12(3,9-13)11-7-5-10(2)6-8-11;/h5-8,13H,4,9H2,1-3H3;/q;+1/p-1. The molecule has 0 aliphatic carbocycles. The van der Waals surface area contributed by atoms with E-state index < -0.39 is 0 Å². The van der Waals surface area contributed by atoms with Crippen molar-refractivity contribution in [3.8, 4) is 0 Å². The van der Waals surface area contributed by atoms with Crippen molar-refractivity contribution in [1.29, 1.82) is 0 Å². The minimum atomic E-state index is 0. The molecule has 0 amide bonds. The molecule has 0 aliphatic rings. The van der Waals surface area contributed by atoms with Crippen LogP contribution in [-0.4, -0.2) is 5.75 Å². The van der Waals surface area contributed by atoms with Gasteiger partial charge in [-0.25, -0.2) is 0 Å². The Morgan fingerprint density at radius 3 is 2.07 bits per heavy atom. The van der Waals surface area contributed by atoms with Gasteiger partial charge in [0, 0.05) is 0 Å². The third kappa shape index (κ3) is 3.75. The minimum absolute atomic E-state index is 0. The number of hydrogen-bond donors (Lipinski definition) is 0. The van der Waals surface area contributed by atoms with Crippen LogP contribution in [0.15, 0.2) is 24.3 Å². The second-order valence-electron chi connectivity index (χ2n) is 3.92. The van der Waals surface area contributed by atoms with Gasteiger partial charge in [0.05, 0.1) is 0 Å². The molecule has 0 radical (unpaired) electrons. The third-order valence-corrected chi connectivity index (χ3v) is 3.48. The van der Waals surface area contributed by atoms with Crippen molar-refractivity contribution in [2.24, 2.45) is 0 Å². The average Bonchev–Trinajstić information content (AvgIpc) is 2.18. The first-order valence-electron chi connectivity index (χ1n) is 4.77. The second kappa shape index (κ2) is 6.85. The molecule has 0 aliphatic heterocycles. The molecule has 0 saturated carbocycles. The van der Waals surface area contributed by atoms with Crippen LogP contribution >= 0.6 is 0 Å². The fraction of sp³-hybridized carbons (Fsp3) is 0.500. The predicted octanol–water partition coefficient (Wildman–Crippen LogP) is 0.214. The zero-order chi connectivity index (χ0) is 9.90. The van der Waals surface area contributed by atoms with E-state index in [1.165, 1.54) is 11.1 Å². The second-order valence-corrected chi connectivity index (χ2v) is 4.21. The maximum Gasteiger partial charge on any atom is 1.00 e. The summed E-state index contributed by atoms with van der Waals surface area (Å²) in [7, 11) is 0. The Bertz CT molecular complexity index is 262. The van der Waals surface area contributed by atoms with Gasteiger partial charge < -0.3 is 12.6 Å². The summed E-state index contributed by atoms with van der Waals surface area (Å²) in [5.74, 6) is 0.798. The van der Waals surface area contributed by atoms with Gasteiger partial charge >= 0.3 is 58.2 Å². The molecular weight excluding hydrogens is 262 g/mol. The molecule has 0 fully saturated rings. The van der Waals surface area contributed by atoms with Crippen LogP contribution in [0.4, 0.5) is 0 Å². The Morgan fingerprint density at radius 1 is 1.21 bits per heavy atom. The van der Waals surface area contributed by atoms with E-state index in [4.69, 9.17) is 12.6 Å². The van der Waals surface area contributed by atoms with Crippen molar-refractivity contribution < 1.29 is 58.2 Å². The van der Waals surface area contributed by atoms with Crippen molar-refractivity contribution in [1.82, 2.24) is 0 Å². The maximum atomic E-state index is 5.20. The number of rotatable bonds is 3. The van der Waals surface area contributed by atoms with E-state index in [2.05, 4.69) is 45.0 Å². The van der Waals surface area contributed by atoms with Crippen molar-refractivity contribution >= 4 is 12.6 Å². The van der Waals surface area contributed by atoms with Gasteiger partial charge in [-0.2, -0.15) is 5.75 Å². The monoisotopic (exact) mass is 278 g/mol. The molecule has 1 rings (SSSR count). The van der Waals surface area contributed by atoms with Crippen LogP contribution < -0.4 is 58.2 Å². The smallest absolute Gasteiger partial charge is 0.792 e. The van der Waals surface area contributed by atoms with Gasteiger partial charge in [0.15, 0.2) is 0 Å². The molecule has 1 unspecified atom stereocenters. The van der Waals surface area contributed by atoms with Crippen molar-refractivity contribution in [3.05, 3.63) is 35.4 Å². The Balaban J connectivity index is 0.00000169. The SMILES string of the molecule is CCC(C)(C[S-])c1ccc(C)cc1.[Rb+]. The van der Waals surface area contributed by atoms with E-state index in [9.17, 15) is 0 Å². The molecule has 0 aromatic heterocycles. The normalized spacial score (nSPS) is 14.3. The summed E-state index contributed by atoms with van der Waals surface area (Å²) < 4.78 is 0. The summed E-state index contributed by atoms with van der Waals surface area (Å²) in [4.78, 5) is 0. The molecule has 0 N–H and O–H groups in total. The Kier molecular flexibility index (Phi) is 7.52. The van der Waals surface area contributed by atoms with Gasteiger partial charge in [-0.1, -0.05) is 43.7 Å². The van der Waals surface area contributed by atoms with Gasteiger partial charge in [0.2, 0.25) is 0 Å². The number of aryl methyl sites for hydroxylation is 1. The molecule has 1 aromatic carbocycles. The topological polar surface area (TPSA) is 0 Å². The van der Waals surface area contributed by atoms with Crippen molar-refractivity contribution in [2.75, 3.05) is 5.75 Å².